The van der Waals surface area contributed by atoms with Gasteiger partial charge in [-0.1, -0.05) is 60.7 Å². The number of anilines is 1. The van der Waals surface area contributed by atoms with Crippen LogP contribution < -0.4 is 15.6 Å². The minimum Gasteiger partial charge on any atom is -0.494 e. The number of nitrogens with zero attached hydrogens (tertiary/aromatic N) is 2. The highest BCUT2D eigenvalue weighted by atomic mass is 32.1. The smallest absolute Gasteiger partial charge is 0.359 e. The first-order valence-corrected chi connectivity index (χ1v) is 13.7. The Morgan fingerprint density at radius 3 is 2.10 bits per heavy atom. The van der Waals surface area contributed by atoms with Crippen LogP contribution in [0.15, 0.2) is 95.1 Å². The quantitative estimate of drug-likeness (QED) is 0.232. The second-order valence-electron chi connectivity index (χ2n) is 8.81. The zero-order valence-electron chi connectivity index (χ0n) is 22.0. The predicted octanol–water partition coefficient (Wildman–Crippen LogP) is 5.79. The number of aromatic nitrogens is 2. The molecule has 9 heteroatoms. The summed E-state index contributed by atoms with van der Waals surface area (Å²) in [5, 5.41) is 9.82. The van der Waals surface area contributed by atoms with E-state index in [9.17, 15) is 14.4 Å². The molecular formula is C31H27N3O5S. The van der Waals surface area contributed by atoms with Crippen LogP contribution in [-0.4, -0.2) is 34.9 Å². The van der Waals surface area contributed by atoms with Gasteiger partial charge in [0.1, 0.15) is 10.8 Å². The Kier molecular flexibility index (Phi) is 8.02. The van der Waals surface area contributed by atoms with Crippen LogP contribution in [0.1, 0.15) is 41.4 Å². The maximum Gasteiger partial charge on any atom is 0.359 e. The van der Waals surface area contributed by atoms with Gasteiger partial charge in [-0.2, -0.15) is 9.78 Å². The maximum atomic E-state index is 13.8. The zero-order chi connectivity index (χ0) is 28.1. The van der Waals surface area contributed by atoms with E-state index >= 15 is 0 Å². The van der Waals surface area contributed by atoms with Gasteiger partial charge in [0.25, 0.3) is 5.56 Å². The lowest BCUT2D eigenvalue weighted by Gasteiger charge is -2.17. The minimum absolute atomic E-state index is 0.00949. The number of ether oxygens (including phenoxy) is 2. The molecule has 0 aliphatic heterocycles. The largest absolute Gasteiger partial charge is 0.494 e. The zero-order valence-corrected chi connectivity index (χ0v) is 22.8. The number of hydrogen-bond donors (Lipinski definition) is 1. The fraction of sp³-hybridized carbons (Fsp3) is 0.161. The van der Waals surface area contributed by atoms with E-state index in [0.717, 1.165) is 27.1 Å². The monoisotopic (exact) mass is 553 g/mol. The summed E-state index contributed by atoms with van der Waals surface area (Å²) < 4.78 is 11.9. The molecule has 3 aromatic carbocycles. The first kappa shape index (κ1) is 26.8. The number of thiophene rings is 1. The number of rotatable bonds is 9. The molecular weight excluding hydrogens is 526 g/mol. The summed E-state index contributed by atoms with van der Waals surface area (Å²) in [6.07, 6.45) is 0. The third kappa shape index (κ3) is 5.37. The molecule has 0 radical (unpaired) electrons. The summed E-state index contributed by atoms with van der Waals surface area (Å²) in [4.78, 5) is 40.5. The van der Waals surface area contributed by atoms with Crippen molar-refractivity contribution in [3.63, 3.8) is 0 Å². The van der Waals surface area contributed by atoms with E-state index in [4.69, 9.17) is 9.47 Å². The van der Waals surface area contributed by atoms with Gasteiger partial charge in [0.05, 0.1) is 30.2 Å². The summed E-state index contributed by atoms with van der Waals surface area (Å²) >= 11 is 1.16. The number of carbonyl (C=O) groups is 2. The third-order valence-corrected chi connectivity index (χ3v) is 7.17. The lowest BCUT2D eigenvalue weighted by Crippen LogP contribution is -2.26. The number of benzene rings is 3. The van der Waals surface area contributed by atoms with E-state index in [2.05, 4.69) is 10.4 Å². The van der Waals surface area contributed by atoms with Gasteiger partial charge in [-0.3, -0.25) is 9.59 Å². The molecule has 0 aliphatic rings. The van der Waals surface area contributed by atoms with Crippen LogP contribution in [0.2, 0.25) is 0 Å². The number of esters is 1. The van der Waals surface area contributed by atoms with Gasteiger partial charge < -0.3 is 14.8 Å². The first-order chi connectivity index (χ1) is 19.5. The van der Waals surface area contributed by atoms with Gasteiger partial charge in [0.15, 0.2) is 5.69 Å². The normalized spacial score (nSPS) is 11.0. The highest BCUT2D eigenvalue weighted by Gasteiger charge is 2.27. The predicted molar refractivity (Wildman–Crippen MR) is 156 cm³/mol. The molecule has 1 amide bonds. The molecule has 202 valence electrons. The Morgan fingerprint density at radius 1 is 0.900 bits per heavy atom. The Balaban J connectivity index is 1.62. The van der Waals surface area contributed by atoms with Crippen LogP contribution >= 0.6 is 11.3 Å². The molecule has 0 fully saturated rings. The Labute approximate surface area is 234 Å². The number of carbonyl (C=O) groups excluding carboxylic acids is 2. The Morgan fingerprint density at radius 2 is 1.52 bits per heavy atom. The number of amides is 1. The molecule has 2 heterocycles. The van der Waals surface area contributed by atoms with Crippen molar-refractivity contribution in [1.82, 2.24) is 9.78 Å². The van der Waals surface area contributed by atoms with Crippen molar-refractivity contribution in [2.75, 3.05) is 18.5 Å². The Hall–Kier alpha value is -4.76. The second-order valence-corrected chi connectivity index (χ2v) is 9.69. The van der Waals surface area contributed by atoms with E-state index in [0.29, 0.717) is 28.4 Å². The van der Waals surface area contributed by atoms with Gasteiger partial charge in [-0.25, -0.2) is 4.79 Å². The molecule has 0 aliphatic carbocycles. The summed E-state index contributed by atoms with van der Waals surface area (Å²) in [6, 6.07) is 25.7. The minimum atomic E-state index is -0.658. The second kappa shape index (κ2) is 12.0. The summed E-state index contributed by atoms with van der Waals surface area (Å²) in [6.45, 7) is 4.23. The number of fused-ring (bicyclic) bond motifs is 1. The van der Waals surface area contributed by atoms with E-state index in [1.165, 1.54) is 0 Å². The van der Waals surface area contributed by atoms with Gasteiger partial charge in [0.2, 0.25) is 5.91 Å². The van der Waals surface area contributed by atoms with Crippen molar-refractivity contribution < 1.29 is 19.1 Å². The SMILES string of the molecule is CCOC(=O)c1nn(-c2ccc(OCC)cc2)c(=O)c2c(NC(=O)C(c3ccccc3)c3ccccc3)scc12. The first-order valence-electron chi connectivity index (χ1n) is 12.9. The molecule has 2 aromatic heterocycles. The average molecular weight is 554 g/mol. The van der Waals surface area contributed by atoms with Gasteiger partial charge in [-0.05, 0) is 49.2 Å². The van der Waals surface area contributed by atoms with Gasteiger partial charge >= 0.3 is 5.97 Å². The fourth-order valence-electron chi connectivity index (χ4n) is 4.49. The van der Waals surface area contributed by atoms with Crippen molar-refractivity contribution in [3.8, 4) is 11.4 Å². The van der Waals surface area contributed by atoms with E-state index in [1.54, 1.807) is 36.6 Å². The number of nitrogens with one attached hydrogen (secondary N) is 1. The maximum absolute atomic E-state index is 13.8. The van der Waals surface area contributed by atoms with Crippen molar-refractivity contribution in [2.45, 2.75) is 19.8 Å². The molecule has 0 saturated carbocycles. The van der Waals surface area contributed by atoms with E-state index in [1.807, 2.05) is 67.6 Å². The molecule has 5 rings (SSSR count). The van der Waals surface area contributed by atoms with Crippen LogP contribution in [0, 0.1) is 0 Å². The Bertz CT molecular complexity index is 1660. The lowest BCUT2D eigenvalue weighted by molar-refractivity contribution is -0.116. The highest BCUT2D eigenvalue weighted by Crippen LogP contribution is 2.33. The van der Waals surface area contributed by atoms with E-state index in [-0.39, 0.29) is 23.6 Å². The van der Waals surface area contributed by atoms with Crippen LogP contribution in [0.3, 0.4) is 0 Å². The van der Waals surface area contributed by atoms with Gasteiger partial charge in [-0.15, -0.1) is 11.3 Å². The summed E-state index contributed by atoms with van der Waals surface area (Å²) in [5.41, 5.74) is 1.58. The molecule has 0 saturated heterocycles. The van der Waals surface area contributed by atoms with Crippen molar-refractivity contribution >= 4 is 39.0 Å². The van der Waals surface area contributed by atoms with Crippen molar-refractivity contribution in [1.29, 1.82) is 0 Å². The fourth-order valence-corrected chi connectivity index (χ4v) is 5.43. The van der Waals surface area contributed by atoms with Crippen LogP contribution in [0.25, 0.3) is 16.5 Å². The van der Waals surface area contributed by atoms with Crippen LogP contribution in [0.4, 0.5) is 5.00 Å². The molecule has 0 spiro atoms. The standard InChI is InChI=1S/C31H27N3O5S/c1-3-38-23-17-15-22(16-18-23)34-30(36)26-24(27(33-34)31(37)39-4-2)19-40-29(26)32-28(35)25(20-11-7-5-8-12-20)21-13-9-6-10-14-21/h5-19,25H,3-4H2,1-2H3,(H,32,35). The molecule has 40 heavy (non-hydrogen) atoms. The third-order valence-electron chi connectivity index (χ3n) is 6.28. The summed E-state index contributed by atoms with van der Waals surface area (Å²) in [5.74, 6) is -0.932. The highest BCUT2D eigenvalue weighted by molar-refractivity contribution is 7.16. The van der Waals surface area contributed by atoms with Crippen molar-refractivity contribution in [2.24, 2.45) is 0 Å². The van der Waals surface area contributed by atoms with Crippen LogP contribution in [0.5, 0.6) is 5.75 Å². The molecule has 8 nitrogen and oxygen atoms in total. The molecule has 5 aromatic rings. The van der Waals surface area contributed by atoms with Crippen molar-refractivity contribution in [3.05, 3.63) is 117 Å². The molecule has 0 atom stereocenters. The van der Waals surface area contributed by atoms with E-state index < -0.39 is 17.4 Å². The number of hydrogen-bond acceptors (Lipinski definition) is 7. The topological polar surface area (TPSA) is 99.5 Å². The van der Waals surface area contributed by atoms with Gasteiger partial charge in [0, 0.05) is 10.8 Å². The van der Waals surface area contributed by atoms with Crippen LogP contribution in [-0.2, 0) is 9.53 Å². The molecule has 0 bridgehead atoms. The average Bonchev–Trinajstić information content (AvgIpc) is 3.39. The summed E-state index contributed by atoms with van der Waals surface area (Å²) in [7, 11) is 0. The lowest BCUT2D eigenvalue weighted by atomic mass is 9.90. The molecule has 0 unspecified atom stereocenters. The molecule has 1 N–H and O–H groups in total.